The van der Waals surface area contributed by atoms with Crippen LogP contribution in [0.4, 0.5) is 0 Å². The SMILES string of the molecule is CCOC1=NC(=[N+]=[N-])C(C(=O)N2CCCCC2)=N1. The number of amides is 1. The van der Waals surface area contributed by atoms with Crippen molar-refractivity contribution in [1.29, 1.82) is 0 Å². The van der Waals surface area contributed by atoms with Crippen molar-refractivity contribution >= 4 is 23.5 Å². The van der Waals surface area contributed by atoms with Gasteiger partial charge in [-0.2, -0.15) is 4.99 Å². The minimum atomic E-state index is -0.249. The minimum absolute atomic E-state index is 0.0582. The van der Waals surface area contributed by atoms with Crippen molar-refractivity contribution in [2.45, 2.75) is 26.2 Å². The first-order valence-corrected chi connectivity index (χ1v) is 6.08. The summed E-state index contributed by atoms with van der Waals surface area (Å²) in [6.45, 7) is 3.60. The summed E-state index contributed by atoms with van der Waals surface area (Å²) in [4.78, 5) is 24.7. The quantitative estimate of drug-likeness (QED) is 0.526. The van der Waals surface area contributed by atoms with Gasteiger partial charge < -0.3 is 20.0 Å². The van der Waals surface area contributed by atoms with Crippen molar-refractivity contribution in [3.63, 3.8) is 0 Å². The summed E-state index contributed by atoms with van der Waals surface area (Å²) in [7, 11) is 0. The van der Waals surface area contributed by atoms with Crippen LogP contribution in [0.3, 0.4) is 0 Å². The van der Waals surface area contributed by atoms with Crippen LogP contribution in [0.25, 0.3) is 5.53 Å². The number of hydrogen-bond donors (Lipinski definition) is 0. The van der Waals surface area contributed by atoms with Gasteiger partial charge in [0.25, 0.3) is 5.91 Å². The van der Waals surface area contributed by atoms with Gasteiger partial charge in [-0.1, -0.05) is 0 Å². The Balaban J connectivity index is 2.14. The maximum atomic E-state index is 12.2. The molecule has 7 nitrogen and oxygen atoms in total. The number of nitrogens with zero attached hydrogens (tertiary/aromatic N) is 5. The third-order valence-corrected chi connectivity index (χ3v) is 2.83. The molecule has 0 aromatic carbocycles. The lowest BCUT2D eigenvalue weighted by Crippen LogP contribution is -2.42. The number of amidine groups is 2. The molecule has 0 spiro atoms. The van der Waals surface area contributed by atoms with E-state index in [4.69, 9.17) is 10.3 Å². The predicted octanol–water partition coefficient (Wildman–Crippen LogP) is 0.474. The van der Waals surface area contributed by atoms with Crippen molar-refractivity contribution in [1.82, 2.24) is 4.90 Å². The largest absolute Gasteiger partial charge is 0.497 e. The third kappa shape index (κ3) is 2.46. The Morgan fingerprint density at radius 2 is 2.11 bits per heavy atom. The molecule has 2 rings (SSSR count). The van der Waals surface area contributed by atoms with Crippen LogP contribution in [0, 0.1) is 0 Å². The molecule has 0 atom stereocenters. The summed E-state index contributed by atoms with van der Waals surface area (Å²) in [5, 5.41) is 0. The summed E-state index contributed by atoms with van der Waals surface area (Å²) in [6.07, 6.45) is 3.12. The van der Waals surface area contributed by atoms with E-state index in [0.29, 0.717) is 19.7 Å². The van der Waals surface area contributed by atoms with E-state index in [1.807, 2.05) is 0 Å². The fourth-order valence-electron chi connectivity index (χ4n) is 1.97. The van der Waals surface area contributed by atoms with Crippen molar-refractivity contribution < 1.29 is 14.3 Å². The molecule has 1 amide bonds. The van der Waals surface area contributed by atoms with E-state index in [1.165, 1.54) is 0 Å². The fourth-order valence-corrected chi connectivity index (χ4v) is 1.97. The highest BCUT2D eigenvalue weighted by Crippen LogP contribution is 2.11. The van der Waals surface area contributed by atoms with Crippen LogP contribution in [0.5, 0.6) is 0 Å². The maximum absolute atomic E-state index is 12.2. The zero-order valence-electron chi connectivity index (χ0n) is 10.3. The topological polar surface area (TPSA) is 90.7 Å². The van der Waals surface area contributed by atoms with Crippen LogP contribution >= 0.6 is 0 Å². The van der Waals surface area contributed by atoms with Gasteiger partial charge in [-0.25, -0.2) is 0 Å². The summed E-state index contributed by atoms with van der Waals surface area (Å²) in [6, 6.07) is 0.0747. The molecule has 0 saturated carbocycles. The van der Waals surface area contributed by atoms with Crippen molar-refractivity contribution in [2.75, 3.05) is 19.7 Å². The van der Waals surface area contributed by atoms with Crippen LogP contribution in [-0.2, 0) is 9.53 Å². The molecular formula is C11H15N5O2. The number of hydrogen-bond acceptors (Lipinski definition) is 3. The van der Waals surface area contributed by atoms with Gasteiger partial charge in [0.15, 0.2) is 0 Å². The van der Waals surface area contributed by atoms with Gasteiger partial charge in [0, 0.05) is 18.1 Å². The average molecular weight is 249 g/mol. The molecule has 0 bridgehead atoms. The summed E-state index contributed by atoms with van der Waals surface area (Å²) in [5.74, 6) is -0.324. The molecule has 0 N–H and O–H groups in total. The molecule has 0 radical (unpaired) electrons. The van der Waals surface area contributed by atoms with E-state index in [2.05, 4.69) is 14.8 Å². The standard InChI is InChI=1S/C11H15N5O2/c1-2-18-11-13-8(9(14-11)15-12)10(17)16-6-4-3-5-7-16/h2-7H2,1H3. The number of ether oxygens (including phenoxy) is 1. The number of rotatable bonds is 2. The second-order valence-electron chi connectivity index (χ2n) is 4.06. The van der Waals surface area contributed by atoms with Crippen LogP contribution in [0.1, 0.15) is 26.2 Å². The van der Waals surface area contributed by atoms with E-state index in [9.17, 15) is 4.79 Å². The van der Waals surface area contributed by atoms with E-state index < -0.39 is 0 Å². The molecule has 0 unspecified atom stereocenters. The van der Waals surface area contributed by atoms with E-state index >= 15 is 0 Å². The highest BCUT2D eigenvalue weighted by atomic mass is 16.5. The lowest BCUT2D eigenvalue weighted by molar-refractivity contribution is -0.124. The van der Waals surface area contributed by atoms with Gasteiger partial charge >= 0.3 is 11.9 Å². The average Bonchev–Trinajstić information content (AvgIpc) is 2.82. The first-order chi connectivity index (χ1) is 8.76. The van der Waals surface area contributed by atoms with Crippen LogP contribution < -0.4 is 0 Å². The Kier molecular flexibility index (Phi) is 3.84. The molecule has 2 aliphatic rings. The molecule has 2 heterocycles. The third-order valence-electron chi connectivity index (χ3n) is 2.83. The van der Waals surface area contributed by atoms with Crippen molar-refractivity contribution in [3.05, 3.63) is 5.53 Å². The molecular weight excluding hydrogens is 234 g/mol. The Morgan fingerprint density at radius 1 is 1.39 bits per heavy atom. The Hall–Kier alpha value is -2.01. The van der Waals surface area contributed by atoms with Crippen molar-refractivity contribution in [2.24, 2.45) is 9.98 Å². The Labute approximate surface area is 105 Å². The van der Waals surface area contributed by atoms with E-state index in [-0.39, 0.29) is 23.5 Å². The maximum Gasteiger partial charge on any atom is 0.438 e. The van der Waals surface area contributed by atoms with Gasteiger partial charge in [-0.3, -0.25) is 4.79 Å². The summed E-state index contributed by atoms with van der Waals surface area (Å²) >= 11 is 0. The van der Waals surface area contributed by atoms with Gasteiger partial charge in [0.2, 0.25) is 5.71 Å². The second-order valence-corrected chi connectivity index (χ2v) is 4.06. The number of piperidine rings is 1. The number of carbonyl (C=O) groups excluding carboxylic acids is 1. The highest BCUT2D eigenvalue weighted by Gasteiger charge is 2.37. The monoisotopic (exact) mass is 249 g/mol. The molecule has 0 aliphatic carbocycles. The van der Waals surface area contributed by atoms with Crippen molar-refractivity contribution in [3.8, 4) is 0 Å². The number of aliphatic imine (C=N–C) groups is 2. The second kappa shape index (κ2) is 5.55. The number of likely N-dealkylation sites (tertiary alicyclic amines) is 1. The van der Waals surface area contributed by atoms with Gasteiger partial charge in [0.1, 0.15) is 0 Å². The van der Waals surface area contributed by atoms with Crippen LogP contribution in [-0.4, -0.2) is 52.9 Å². The minimum Gasteiger partial charge on any atom is -0.497 e. The van der Waals surface area contributed by atoms with E-state index in [1.54, 1.807) is 11.8 Å². The van der Waals surface area contributed by atoms with Crippen LogP contribution in [0.2, 0.25) is 0 Å². The summed E-state index contributed by atoms with van der Waals surface area (Å²) in [5.41, 5.74) is 8.90. The Morgan fingerprint density at radius 3 is 2.72 bits per heavy atom. The van der Waals surface area contributed by atoms with Gasteiger partial charge in [-0.15, -0.1) is 0 Å². The molecule has 2 aliphatic heterocycles. The molecule has 7 heteroatoms. The van der Waals surface area contributed by atoms with Crippen LogP contribution in [0.15, 0.2) is 9.98 Å². The number of carbonyl (C=O) groups is 1. The first kappa shape index (κ1) is 12.4. The lowest BCUT2D eigenvalue weighted by Gasteiger charge is -2.25. The summed E-state index contributed by atoms with van der Waals surface area (Å²) < 4.78 is 5.10. The highest BCUT2D eigenvalue weighted by molar-refractivity contribution is 6.68. The molecule has 0 aromatic heterocycles. The van der Waals surface area contributed by atoms with Gasteiger partial charge in [-0.05, 0) is 26.2 Å². The lowest BCUT2D eigenvalue weighted by atomic mass is 10.1. The predicted molar refractivity (Wildman–Crippen MR) is 65.6 cm³/mol. The van der Waals surface area contributed by atoms with E-state index in [0.717, 1.165) is 19.3 Å². The molecule has 1 saturated heterocycles. The first-order valence-electron chi connectivity index (χ1n) is 6.08. The molecule has 18 heavy (non-hydrogen) atoms. The fraction of sp³-hybridized carbons (Fsp3) is 0.636. The Bertz CT molecular complexity index is 456. The van der Waals surface area contributed by atoms with Gasteiger partial charge in [0.05, 0.1) is 6.61 Å². The zero-order chi connectivity index (χ0) is 13.0. The molecule has 1 fully saturated rings. The normalized spacial score (nSPS) is 19.2. The molecule has 96 valence electrons. The zero-order valence-corrected chi connectivity index (χ0v) is 10.3. The molecule has 0 aromatic rings. The smallest absolute Gasteiger partial charge is 0.438 e.